The van der Waals surface area contributed by atoms with Gasteiger partial charge in [-0.2, -0.15) is 0 Å². The van der Waals surface area contributed by atoms with Gasteiger partial charge >= 0.3 is 5.97 Å². The van der Waals surface area contributed by atoms with Gasteiger partial charge in [0.15, 0.2) is 0 Å². The normalized spacial score (nSPS) is 12.5. The van der Waals surface area contributed by atoms with E-state index in [1.165, 1.54) is 0 Å². The number of benzene rings is 1. The third-order valence-electron chi connectivity index (χ3n) is 4.41. The molecular formula is C26H43N3O7. The highest BCUT2D eigenvalue weighted by Gasteiger charge is 2.27. The van der Waals surface area contributed by atoms with Crippen LogP contribution in [0.2, 0.25) is 0 Å². The first-order valence-electron chi connectivity index (χ1n) is 12.2. The number of carbonyl (C=O) groups excluding carboxylic acids is 3. The molecule has 10 nitrogen and oxygen atoms in total. The van der Waals surface area contributed by atoms with E-state index in [0.29, 0.717) is 26.4 Å². The van der Waals surface area contributed by atoms with E-state index in [2.05, 4.69) is 10.6 Å². The van der Waals surface area contributed by atoms with Crippen LogP contribution in [0.15, 0.2) is 24.3 Å². The lowest BCUT2D eigenvalue weighted by atomic mass is 10.0. The van der Waals surface area contributed by atoms with E-state index in [9.17, 15) is 14.4 Å². The molecule has 2 amide bonds. The summed E-state index contributed by atoms with van der Waals surface area (Å²) in [4.78, 5) is 36.3. The summed E-state index contributed by atoms with van der Waals surface area (Å²) in [7, 11) is 0. The maximum Gasteiger partial charge on any atom is 0.329 e. The molecule has 10 heteroatoms. The molecule has 0 aliphatic rings. The molecule has 0 aromatic heterocycles. The van der Waals surface area contributed by atoms with Gasteiger partial charge in [0.25, 0.3) is 0 Å². The number of hydrogen-bond donors (Lipinski definition) is 3. The summed E-state index contributed by atoms with van der Waals surface area (Å²) in [6.07, 6.45) is 0.371. The number of rotatable bonds is 15. The van der Waals surface area contributed by atoms with Gasteiger partial charge in [0.1, 0.15) is 23.0 Å². The lowest BCUT2D eigenvalue weighted by Gasteiger charge is -2.25. The van der Waals surface area contributed by atoms with Crippen molar-refractivity contribution in [3.8, 4) is 5.75 Å². The first kappa shape index (κ1) is 31.3. The molecule has 0 aliphatic carbocycles. The fourth-order valence-corrected chi connectivity index (χ4v) is 2.94. The summed E-state index contributed by atoms with van der Waals surface area (Å²) >= 11 is 0. The molecule has 4 N–H and O–H groups in total. The minimum atomic E-state index is -0.835. The third-order valence-corrected chi connectivity index (χ3v) is 4.41. The zero-order chi connectivity index (χ0) is 27.2. The zero-order valence-corrected chi connectivity index (χ0v) is 22.5. The van der Waals surface area contributed by atoms with Gasteiger partial charge in [0.05, 0.1) is 33.0 Å². The highest BCUT2D eigenvalue weighted by Crippen LogP contribution is 2.19. The van der Waals surface area contributed by atoms with E-state index in [1.807, 2.05) is 45.0 Å². The largest absolute Gasteiger partial charge is 0.488 e. The van der Waals surface area contributed by atoms with Gasteiger partial charge in [-0.05, 0) is 59.2 Å². The Morgan fingerprint density at radius 1 is 0.861 bits per heavy atom. The molecule has 1 rings (SSSR count). The second kappa shape index (κ2) is 15.4. The number of amides is 2. The topological polar surface area (TPSA) is 138 Å². The lowest BCUT2D eigenvalue weighted by Crippen LogP contribution is -2.45. The molecule has 204 valence electrons. The molecule has 0 saturated carbocycles. The molecular weight excluding hydrogens is 466 g/mol. The third kappa shape index (κ3) is 15.3. The summed E-state index contributed by atoms with van der Waals surface area (Å²) in [5, 5.41) is 5.36. The minimum absolute atomic E-state index is 0.0569. The molecule has 0 heterocycles. The maximum absolute atomic E-state index is 12.8. The van der Waals surface area contributed by atoms with Crippen LogP contribution in [0.25, 0.3) is 0 Å². The molecule has 0 saturated heterocycles. The summed E-state index contributed by atoms with van der Waals surface area (Å²) in [5.74, 6) is -0.325. The van der Waals surface area contributed by atoms with Crippen LogP contribution in [-0.2, 0) is 35.0 Å². The Kier molecular flexibility index (Phi) is 13.4. The van der Waals surface area contributed by atoms with Crippen molar-refractivity contribution in [2.45, 2.75) is 71.6 Å². The van der Waals surface area contributed by atoms with E-state index < -0.39 is 17.6 Å². The zero-order valence-electron chi connectivity index (χ0n) is 22.5. The summed E-state index contributed by atoms with van der Waals surface area (Å²) in [6.45, 7) is 12.7. The van der Waals surface area contributed by atoms with Crippen LogP contribution in [0.3, 0.4) is 0 Å². The second-order valence-corrected chi connectivity index (χ2v) is 10.2. The molecule has 1 aromatic rings. The summed E-state index contributed by atoms with van der Waals surface area (Å²) < 4.78 is 22.1. The van der Waals surface area contributed by atoms with Crippen LogP contribution in [0, 0.1) is 0 Å². The quantitative estimate of drug-likeness (QED) is 0.240. The fourth-order valence-electron chi connectivity index (χ4n) is 2.94. The Balaban J connectivity index is 2.51. The van der Waals surface area contributed by atoms with Gasteiger partial charge < -0.3 is 35.3 Å². The van der Waals surface area contributed by atoms with E-state index in [1.54, 1.807) is 20.8 Å². The van der Waals surface area contributed by atoms with Gasteiger partial charge in [0.2, 0.25) is 11.8 Å². The Labute approximate surface area is 214 Å². The second-order valence-electron chi connectivity index (χ2n) is 10.2. The first-order valence-corrected chi connectivity index (χ1v) is 12.2. The predicted octanol–water partition coefficient (Wildman–Crippen LogP) is 1.73. The Morgan fingerprint density at radius 3 is 2.03 bits per heavy atom. The molecule has 0 bridgehead atoms. The molecule has 1 atom stereocenters. The summed E-state index contributed by atoms with van der Waals surface area (Å²) in [6, 6.07) is 6.59. The van der Waals surface area contributed by atoms with Crippen molar-refractivity contribution in [3.05, 3.63) is 29.8 Å². The van der Waals surface area contributed by atoms with Crippen LogP contribution in [0.4, 0.5) is 0 Å². The van der Waals surface area contributed by atoms with Crippen molar-refractivity contribution >= 4 is 17.8 Å². The van der Waals surface area contributed by atoms with Crippen LogP contribution < -0.4 is 21.1 Å². The number of carbonyl (C=O) groups is 3. The van der Waals surface area contributed by atoms with Crippen molar-refractivity contribution < 1.29 is 33.3 Å². The Bertz CT molecular complexity index is 814. The predicted molar refractivity (Wildman–Crippen MR) is 137 cm³/mol. The molecule has 0 radical (unpaired) electrons. The average molecular weight is 510 g/mol. The van der Waals surface area contributed by atoms with E-state index >= 15 is 0 Å². The SMILES string of the molecule is CC(C)(C)OC(=O)C(Cc1ccc(OC(C)(C)C)cc1)NC(=O)CCOCCOCCNC(=O)CN. The van der Waals surface area contributed by atoms with Crippen molar-refractivity contribution in [3.63, 3.8) is 0 Å². The van der Waals surface area contributed by atoms with Crippen LogP contribution in [0.1, 0.15) is 53.5 Å². The average Bonchev–Trinajstić information content (AvgIpc) is 2.76. The van der Waals surface area contributed by atoms with Crippen LogP contribution in [-0.4, -0.2) is 74.5 Å². The van der Waals surface area contributed by atoms with Crippen molar-refractivity contribution in [2.75, 3.05) is 39.5 Å². The first-order chi connectivity index (χ1) is 16.8. The monoisotopic (exact) mass is 509 g/mol. The van der Waals surface area contributed by atoms with E-state index in [0.717, 1.165) is 11.3 Å². The number of nitrogens with two attached hydrogens (primary N) is 1. The van der Waals surface area contributed by atoms with Crippen LogP contribution in [0.5, 0.6) is 5.75 Å². The molecule has 1 aromatic carbocycles. The van der Waals surface area contributed by atoms with Gasteiger partial charge in [0, 0.05) is 19.4 Å². The number of hydrogen-bond acceptors (Lipinski definition) is 8. The van der Waals surface area contributed by atoms with Crippen molar-refractivity contribution in [1.29, 1.82) is 0 Å². The van der Waals surface area contributed by atoms with Gasteiger partial charge in [-0.3, -0.25) is 9.59 Å². The molecule has 0 aliphatic heterocycles. The minimum Gasteiger partial charge on any atom is -0.488 e. The standard InChI is InChI=1S/C26H43N3O7/c1-25(2,3)35-20-9-7-19(8-10-20)17-21(24(32)36-26(4,5)6)29-22(30)11-13-33-15-16-34-14-12-28-23(31)18-27/h7-10,21H,11-18,27H2,1-6H3,(H,28,31)(H,29,30). The van der Waals surface area contributed by atoms with E-state index in [-0.39, 0.29) is 43.4 Å². The maximum atomic E-state index is 12.8. The number of ether oxygens (including phenoxy) is 4. The van der Waals surface area contributed by atoms with Crippen molar-refractivity contribution in [1.82, 2.24) is 10.6 Å². The number of esters is 1. The fraction of sp³-hybridized carbons (Fsp3) is 0.654. The highest BCUT2D eigenvalue weighted by molar-refractivity contribution is 5.85. The Morgan fingerprint density at radius 2 is 1.47 bits per heavy atom. The molecule has 0 fully saturated rings. The Hall–Kier alpha value is -2.69. The highest BCUT2D eigenvalue weighted by atomic mass is 16.6. The van der Waals surface area contributed by atoms with Crippen molar-refractivity contribution in [2.24, 2.45) is 5.73 Å². The smallest absolute Gasteiger partial charge is 0.329 e. The lowest BCUT2D eigenvalue weighted by molar-refractivity contribution is -0.158. The van der Waals surface area contributed by atoms with E-state index in [4.69, 9.17) is 24.7 Å². The van der Waals surface area contributed by atoms with Gasteiger partial charge in [-0.15, -0.1) is 0 Å². The van der Waals surface area contributed by atoms with Crippen LogP contribution >= 0.6 is 0 Å². The molecule has 0 spiro atoms. The molecule has 1 unspecified atom stereocenters. The van der Waals surface area contributed by atoms with Gasteiger partial charge in [-0.1, -0.05) is 12.1 Å². The summed E-state index contributed by atoms with van der Waals surface area (Å²) in [5.41, 5.74) is 5.06. The molecule has 36 heavy (non-hydrogen) atoms. The number of nitrogens with one attached hydrogen (secondary N) is 2. The van der Waals surface area contributed by atoms with Gasteiger partial charge in [-0.25, -0.2) is 4.79 Å².